The largest absolute Gasteiger partial charge is 0.497 e. The van der Waals surface area contributed by atoms with E-state index in [0.717, 1.165) is 43.4 Å². The highest BCUT2D eigenvalue weighted by atomic mass is 16.5. The normalized spacial score (nSPS) is 15.6. The van der Waals surface area contributed by atoms with Gasteiger partial charge < -0.3 is 14.4 Å². The number of piperazine rings is 1. The van der Waals surface area contributed by atoms with Crippen LogP contribution < -0.4 is 14.4 Å². The first kappa shape index (κ1) is 16.7. The van der Waals surface area contributed by atoms with Gasteiger partial charge in [0.05, 0.1) is 25.9 Å². The minimum atomic E-state index is 0.822. The lowest BCUT2D eigenvalue weighted by Gasteiger charge is -2.39. The molecule has 0 bridgehead atoms. The molecule has 24 heavy (non-hydrogen) atoms. The summed E-state index contributed by atoms with van der Waals surface area (Å²) in [4.78, 5) is 4.84. The standard InChI is InChI=1S/C20H25N2O2/c1-16(17-7-5-4-6-8-17)21-11-13-22(14-12-21)19-10-9-18(23-2)15-20(19)24-3/h4-10,15H,11-14H2,1-3H3. The van der Waals surface area contributed by atoms with Gasteiger partial charge in [-0.1, -0.05) is 30.3 Å². The molecule has 0 saturated carbocycles. The summed E-state index contributed by atoms with van der Waals surface area (Å²) in [5, 5.41) is 0. The van der Waals surface area contributed by atoms with E-state index in [1.807, 2.05) is 12.1 Å². The summed E-state index contributed by atoms with van der Waals surface area (Å²) in [5.41, 5.74) is 2.43. The van der Waals surface area contributed by atoms with E-state index in [9.17, 15) is 0 Å². The second-order valence-electron chi connectivity index (χ2n) is 5.96. The van der Waals surface area contributed by atoms with Crippen LogP contribution in [0.3, 0.4) is 0 Å². The van der Waals surface area contributed by atoms with E-state index in [2.05, 4.69) is 53.1 Å². The maximum atomic E-state index is 5.54. The molecule has 1 fully saturated rings. The third-order valence-electron chi connectivity index (χ3n) is 4.67. The second-order valence-corrected chi connectivity index (χ2v) is 5.96. The first-order valence-corrected chi connectivity index (χ1v) is 8.34. The zero-order valence-corrected chi connectivity index (χ0v) is 14.7. The second kappa shape index (κ2) is 7.58. The summed E-state index contributed by atoms with van der Waals surface area (Å²) >= 11 is 0. The third kappa shape index (κ3) is 3.49. The van der Waals surface area contributed by atoms with Gasteiger partial charge in [-0.2, -0.15) is 0 Å². The third-order valence-corrected chi connectivity index (χ3v) is 4.67. The van der Waals surface area contributed by atoms with Gasteiger partial charge in [-0.15, -0.1) is 0 Å². The number of nitrogens with zero attached hydrogens (tertiary/aromatic N) is 2. The topological polar surface area (TPSA) is 24.9 Å². The predicted octanol–water partition coefficient (Wildman–Crippen LogP) is 3.43. The molecule has 4 heteroatoms. The first-order chi connectivity index (χ1) is 11.7. The summed E-state index contributed by atoms with van der Waals surface area (Å²) in [5.74, 6) is 1.69. The first-order valence-electron chi connectivity index (χ1n) is 8.34. The van der Waals surface area contributed by atoms with Crippen molar-refractivity contribution in [1.29, 1.82) is 0 Å². The van der Waals surface area contributed by atoms with Crippen molar-refractivity contribution in [3.05, 3.63) is 60.1 Å². The summed E-state index contributed by atoms with van der Waals surface area (Å²) < 4.78 is 10.8. The minimum Gasteiger partial charge on any atom is -0.497 e. The van der Waals surface area contributed by atoms with Crippen molar-refractivity contribution in [2.24, 2.45) is 0 Å². The van der Waals surface area contributed by atoms with Gasteiger partial charge in [0.2, 0.25) is 0 Å². The van der Waals surface area contributed by atoms with Crippen LogP contribution in [0.1, 0.15) is 12.5 Å². The Balaban J connectivity index is 1.67. The molecule has 0 aliphatic carbocycles. The van der Waals surface area contributed by atoms with E-state index in [1.165, 1.54) is 11.6 Å². The van der Waals surface area contributed by atoms with Crippen molar-refractivity contribution < 1.29 is 9.47 Å². The summed E-state index contributed by atoms with van der Waals surface area (Å²) in [7, 11) is 3.39. The van der Waals surface area contributed by atoms with E-state index in [-0.39, 0.29) is 0 Å². The molecular formula is C20H25N2O2. The highest BCUT2D eigenvalue weighted by molar-refractivity contribution is 5.61. The van der Waals surface area contributed by atoms with Crippen LogP contribution in [-0.2, 0) is 0 Å². The molecule has 2 aromatic carbocycles. The molecule has 0 amide bonds. The molecule has 127 valence electrons. The lowest BCUT2D eigenvalue weighted by Crippen LogP contribution is -2.47. The predicted molar refractivity (Wildman–Crippen MR) is 97.8 cm³/mol. The van der Waals surface area contributed by atoms with Crippen LogP contribution in [0, 0.1) is 6.04 Å². The summed E-state index contributed by atoms with van der Waals surface area (Å²) in [6.45, 7) is 6.19. The molecular weight excluding hydrogens is 300 g/mol. The monoisotopic (exact) mass is 325 g/mol. The SMILES string of the molecule is COc1ccc(N2CCN([C](C)c3ccccc3)CC2)c(OC)c1. The molecule has 1 aliphatic rings. The van der Waals surface area contributed by atoms with Gasteiger partial charge in [-0.3, -0.25) is 4.90 Å². The number of hydrogen-bond donors (Lipinski definition) is 0. The van der Waals surface area contributed by atoms with E-state index in [0.29, 0.717) is 0 Å². The van der Waals surface area contributed by atoms with Gasteiger partial charge in [0, 0.05) is 32.2 Å². The Morgan fingerprint density at radius 3 is 2.21 bits per heavy atom. The van der Waals surface area contributed by atoms with Gasteiger partial charge in [0.15, 0.2) is 0 Å². The van der Waals surface area contributed by atoms with Crippen LogP contribution >= 0.6 is 0 Å². The van der Waals surface area contributed by atoms with Crippen molar-refractivity contribution in [3.63, 3.8) is 0 Å². The molecule has 0 aromatic heterocycles. The van der Waals surface area contributed by atoms with Gasteiger partial charge in [0.25, 0.3) is 0 Å². The summed E-state index contributed by atoms with van der Waals surface area (Å²) in [6.07, 6.45) is 0. The lowest BCUT2D eigenvalue weighted by atomic mass is 10.1. The van der Waals surface area contributed by atoms with E-state index < -0.39 is 0 Å². The molecule has 4 nitrogen and oxygen atoms in total. The minimum absolute atomic E-state index is 0.822. The fourth-order valence-electron chi connectivity index (χ4n) is 3.19. The average molecular weight is 325 g/mol. The van der Waals surface area contributed by atoms with Gasteiger partial charge in [0.1, 0.15) is 11.5 Å². The van der Waals surface area contributed by atoms with Crippen LogP contribution in [-0.4, -0.2) is 45.3 Å². The summed E-state index contributed by atoms with van der Waals surface area (Å²) in [6, 6.07) is 18.0. The Bertz CT molecular complexity index is 652. The molecule has 0 unspecified atom stereocenters. The van der Waals surface area contributed by atoms with Crippen molar-refractivity contribution >= 4 is 5.69 Å². The maximum Gasteiger partial charge on any atom is 0.145 e. The molecule has 0 N–H and O–H groups in total. The van der Waals surface area contributed by atoms with Crippen LogP contribution in [0.25, 0.3) is 0 Å². The molecule has 0 atom stereocenters. The maximum absolute atomic E-state index is 5.54. The fraction of sp³-hybridized carbons (Fsp3) is 0.350. The lowest BCUT2D eigenvalue weighted by molar-refractivity contribution is 0.283. The molecule has 1 heterocycles. The number of benzene rings is 2. The smallest absolute Gasteiger partial charge is 0.145 e. The Kier molecular flexibility index (Phi) is 5.26. The van der Waals surface area contributed by atoms with Crippen molar-refractivity contribution in [3.8, 4) is 11.5 Å². The molecule has 1 radical (unpaired) electrons. The van der Waals surface area contributed by atoms with Crippen LogP contribution in [0.4, 0.5) is 5.69 Å². The Morgan fingerprint density at radius 1 is 0.875 bits per heavy atom. The number of methoxy groups -OCH3 is 2. The number of hydrogen-bond acceptors (Lipinski definition) is 4. The van der Waals surface area contributed by atoms with Crippen molar-refractivity contribution in [1.82, 2.24) is 4.90 Å². The Labute approximate surface area is 144 Å². The fourth-order valence-corrected chi connectivity index (χ4v) is 3.19. The highest BCUT2D eigenvalue weighted by Gasteiger charge is 2.24. The van der Waals surface area contributed by atoms with E-state index in [1.54, 1.807) is 14.2 Å². The molecule has 1 saturated heterocycles. The zero-order chi connectivity index (χ0) is 16.9. The van der Waals surface area contributed by atoms with E-state index in [4.69, 9.17) is 9.47 Å². The molecule has 0 spiro atoms. The number of ether oxygens (including phenoxy) is 2. The molecule has 1 aliphatic heterocycles. The van der Waals surface area contributed by atoms with E-state index >= 15 is 0 Å². The number of rotatable bonds is 5. The Morgan fingerprint density at radius 2 is 1.58 bits per heavy atom. The number of anilines is 1. The average Bonchev–Trinajstić information content (AvgIpc) is 2.67. The van der Waals surface area contributed by atoms with Gasteiger partial charge in [-0.25, -0.2) is 0 Å². The van der Waals surface area contributed by atoms with Crippen LogP contribution in [0.5, 0.6) is 11.5 Å². The van der Waals surface area contributed by atoms with Crippen LogP contribution in [0.2, 0.25) is 0 Å². The van der Waals surface area contributed by atoms with Gasteiger partial charge in [-0.05, 0) is 24.6 Å². The quantitative estimate of drug-likeness (QED) is 0.841. The highest BCUT2D eigenvalue weighted by Crippen LogP contribution is 2.33. The van der Waals surface area contributed by atoms with Gasteiger partial charge >= 0.3 is 0 Å². The molecule has 2 aromatic rings. The van der Waals surface area contributed by atoms with Crippen molar-refractivity contribution in [2.75, 3.05) is 45.3 Å². The van der Waals surface area contributed by atoms with Crippen molar-refractivity contribution in [2.45, 2.75) is 6.92 Å². The zero-order valence-electron chi connectivity index (χ0n) is 14.7. The molecule has 3 rings (SSSR count). The van der Waals surface area contributed by atoms with Crippen LogP contribution in [0.15, 0.2) is 48.5 Å². The Hall–Kier alpha value is -2.20.